The Balaban J connectivity index is 4.58. The normalized spacial score (nSPS) is 15.5. The fourth-order valence-corrected chi connectivity index (χ4v) is 1.30. The molecule has 5 heteroatoms. The maximum absolute atomic E-state index is 11.5. The topological polar surface area (TPSA) is 66.4 Å². The average molecular weight is 233 g/mol. The minimum atomic E-state index is -0.996. The van der Waals surface area contributed by atoms with E-state index in [1.165, 1.54) is 11.8 Å². The summed E-state index contributed by atoms with van der Waals surface area (Å²) in [7, 11) is 0. The van der Waals surface area contributed by atoms with Crippen LogP contribution in [0.4, 0.5) is 0 Å². The molecule has 2 unspecified atom stereocenters. The number of nitrogens with one attached hydrogen (secondary N) is 1. The second kappa shape index (κ2) is 5.39. The SMILES string of the molecule is CSC(C)C(=O)NC(C(=O)O)C(C)(C)C. The monoisotopic (exact) mass is 233 g/mol. The number of hydrogen-bond acceptors (Lipinski definition) is 3. The maximum Gasteiger partial charge on any atom is 0.326 e. The van der Waals surface area contributed by atoms with E-state index in [0.29, 0.717) is 0 Å². The minimum Gasteiger partial charge on any atom is -0.480 e. The van der Waals surface area contributed by atoms with E-state index in [0.717, 1.165) is 0 Å². The van der Waals surface area contributed by atoms with Crippen LogP contribution in [-0.4, -0.2) is 34.5 Å². The number of rotatable bonds is 4. The molecule has 0 saturated heterocycles. The highest BCUT2D eigenvalue weighted by Gasteiger charge is 2.33. The van der Waals surface area contributed by atoms with Crippen LogP contribution in [0.1, 0.15) is 27.7 Å². The molecule has 2 atom stereocenters. The van der Waals surface area contributed by atoms with Crippen molar-refractivity contribution in [2.24, 2.45) is 5.41 Å². The van der Waals surface area contributed by atoms with Crippen LogP contribution >= 0.6 is 11.8 Å². The lowest BCUT2D eigenvalue weighted by Gasteiger charge is -2.28. The molecule has 0 fully saturated rings. The minimum absolute atomic E-state index is 0.228. The third-order valence-electron chi connectivity index (χ3n) is 2.12. The number of carboxylic acid groups (broad SMARTS) is 1. The summed E-state index contributed by atoms with van der Waals surface area (Å²) in [5, 5.41) is 11.3. The van der Waals surface area contributed by atoms with Crippen LogP contribution < -0.4 is 5.32 Å². The molecule has 15 heavy (non-hydrogen) atoms. The van der Waals surface area contributed by atoms with Gasteiger partial charge >= 0.3 is 5.97 Å². The van der Waals surface area contributed by atoms with E-state index in [-0.39, 0.29) is 11.2 Å². The standard InChI is InChI=1S/C10H19NO3S/c1-6(15-5)8(12)11-7(9(13)14)10(2,3)4/h6-7H,1-5H3,(H,11,12)(H,13,14). The van der Waals surface area contributed by atoms with Crippen molar-refractivity contribution in [2.75, 3.05) is 6.26 Å². The summed E-state index contributed by atoms with van der Waals surface area (Å²) >= 11 is 1.39. The largest absolute Gasteiger partial charge is 0.480 e. The van der Waals surface area contributed by atoms with Gasteiger partial charge in [-0.05, 0) is 18.6 Å². The Morgan fingerprint density at radius 2 is 1.80 bits per heavy atom. The fourth-order valence-electron chi connectivity index (χ4n) is 1.02. The van der Waals surface area contributed by atoms with Gasteiger partial charge in [-0.15, -0.1) is 0 Å². The lowest BCUT2D eigenvalue weighted by atomic mass is 9.86. The van der Waals surface area contributed by atoms with Crippen LogP contribution in [0.2, 0.25) is 0 Å². The predicted octanol–water partition coefficient (Wildman–Crippen LogP) is 1.35. The van der Waals surface area contributed by atoms with Crippen molar-refractivity contribution in [3.63, 3.8) is 0 Å². The van der Waals surface area contributed by atoms with Crippen molar-refractivity contribution in [1.82, 2.24) is 5.32 Å². The van der Waals surface area contributed by atoms with Gasteiger partial charge in [-0.1, -0.05) is 20.8 Å². The Bertz CT molecular complexity index is 248. The van der Waals surface area contributed by atoms with Crippen LogP contribution in [-0.2, 0) is 9.59 Å². The summed E-state index contributed by atoms with van der Waals surface area (Å²) in [5.74, 6) is -1.23. The van der Waals surface area contributed by atoms with Gasteiger partial charge in [-0.3, -0.25) is 4.79 Å². The quantitative estimate of drug-likeness (QED) is 0.769. The Labute approximate surface area is 94.8 Å². The number of carboxylic acids is 1. The number of carbonyl (C=O) groups excluding carboxylic acids is 1. The van der Waals surface area contributed by atoms with Crippen molar-refractivity contribution < 1.29 is 14.7 Å². The zero-order valence-electron chi connectivity index (χ0n) is 9.83. The van der Waals surface area contributed by atoms with Gasteiger partial charge in [0.2, 0.25) is 5.91 Å². The molecule has 0 bridgehead atoms. The summed E-state index contributed by atoms with van der Waals surface area (Å²) in [4.78, 5) is 22.5. The molecule has 0 saturated carbocycles. The molecule has 0 aromatic heterocycles. The molecule has 0 aliphatic carbocycles. The van der Waals surface area contributed by atoms with E-state index in [1.54, 1.807) is 27.7 Å². The first kappa shape index (κ1) is 14.3. The highest BCUT2D eigenvalue weighted by molar-refractivity contribution is 7.99. The average Bonchev–Trinajstić information content (AvgIpc) is 2.09. The van der Waals surface area contributed by atoms with Crippen LogP contribution in [0.3, 0.4) is 0 Å². The molecule has 0 rings (SSSR count). The van der Waals surface area contributed by atoms with Crippen molar-refractivity contribution in [3.8, 4) is 0 Å². The lowest BCUT2D eigenvalue weighted by Crippen LogP contribution is -2.51. The number of hydrogen-bond donors (Lipinski definition) is 2. The molecule has 2 N–H and O–H groups in total. The zero-order valence-corrected chi connectivity index (χ0v) is 10.6. The second-order valence-electron chi connectivity index (χ2n) is 4.52. The Kier molecular flexibility index (Phi) is 5.14. The summed E-state index contributed by atoms with van der Waals surface area (Å²) in [6, 6.07) is -0.848. The van der Waals surface area contributed by atoms with Crippen LogP contribution in [0.5, 0.6) is 0 Å². The van der Waals surface area contributed by atoms with Crippen LogP contribution in [0.25, 0.3) is 0 Å². The molecule has 0 aromatic carbocycles. The highest BCUT2D eigenvalue weighted by atomic mass is 32.2. The molecular weight excluding hydrogens is 214 g/mol. The fraction of sp³-hybridized carbons (Fsp3) is 0.800. The number of amides is 1. The van der Waals surface area contributed by atoms with Crippen molar-refractivity contribution >= 4 is 23.6 Å². The molecule has 4 nitrogen and oxygen atoms in total. The van der Waals surface area contributed by atoms with Crippen LogP contribution in [0, 0.1) is 5.41 Å². The zero-order chi connectivity index (χ0) is 12.2. The van der Waals surface area contributed by atoms with E-state index >= 15 is 0 Å². The smallest absolute Gasteiger partial charge is 0.326 e. The molecular formula is C10H19NO3S. The molecule has 0 aromatic rings. The number of aliphatic carboxylic acids is 1. The van der Waals surface area contributed by atoms with Gasteiger partial charge < -0.3 is 10.4 Å². The molecule has 0 aliphatic heterocycles. The lowest BCUT2D eigenvalue weighted by molar-refractivity contribution is -0.144. The van der Waals surface area contributed by atoms with Gasteiger partial charge in [0.1, 0.15) is 6.04 Å². The van der Waals surface area contributed by atoms with Gasteiger partial charge in [0.05, 0.1) is 5.25 Å². The number of thioether (sulfide) groups is 1. The van der Waals surface area contributed by atoms with Crippen molar-refractivity contribution in [2.45, 2.75) is 39.0 Å². The summed E-state index contributed by atoms with van der Waals surface area (Å²) in [6.07, 6.45) is 1.82. The first-order valence-corrected chi connectivity index (χ1v) is 6.05. The van der Waals surface area contributed by atoms with E-state index in [4.69, 9.17) is 5.11 Å². The second-order valence-corrected chi connectivity index (χ2v) is 5.70. The third-order valence-corrected chi connectivity index (χ3v) is 3.04. The number of carbonyl (C=O) groups is 2. The molecule has 0 spiro atoms. The Morgan fingerprint density at radius 3 is 2.07 bits per heavy atom. The maximum atomic E-state index is 11.5. The third kappa shape index (κ3) is 4.55. The Hall–Kier alpha value is -0.710. The predicted molar refractivity (Wildman–Crippen MR) is 62.0 cm³/mol. The summed E-state index contributed by atoms with van der Waals surface area (Å²) < 4.78 is 0. The molecule has 0 aliphatic rings. The highest BCUT2D eigenvalue weighted by Crippen LogP contribution is 2.20. The van der Waals surface area contributed by atoms with Crippen molar-refractivity contribution in [1.29, 1.82) is 0 Å². The first-order chi connectivity index (χ1) is 6.70. The van der Waals surface area contributed by atoms with Crippen LogP contribution in [0.15, 0.2) is 0 Å². The molecule has 0 radical (unpaired) electrons. The van der Waals surface area contributed by atoms with E-state index in [2.05, 4.69) is 5.32 Å². The Morgan fingerprint density at radius 1 is 1.33 bits per heavy atom. The van der Waals surface area contributed by atoms with Gasteiger partial charge in [0.15, 0.2) is 0 Å². The van der Waals surface area contributed by atoms with Gasteiger partial charge in [0.25, 0.3) is 0 Å². The van der Waals surface area contributed by atoms with Gasteiger partial charge in [0, 0.05) is 0 Å². The van der Waals surface area contributed by atoms with Crippen molar-refractivity contribution in [3.05, 3.63) is 0 Å². The molecule has 1 amide bonds. The summed E-state index contributed by atoms with van der Waals surface area (Å²) in [6.45, 7) is 7.11. The van der Waals surface area contributed by atoms with E-state index in [1.807, 2.05) is 6.26 Å². The first-order valence-electron chi connectivity index (χ1n) is 4.76. The molecule has 88 valence electrons. The van der Waals surface area contributed by atoms with Gasteiger partial charge in [-0.25, -0.2) is 4.79 Å². The summed E-state index contributed by atoms with van der Waals surface area (Å²) in [5.41, 5.74) is -0.486. The van der Waals surface area contributed by atoms with E-state index in [9.17, 15) is 9.59 Å². The molecule has 0 heterocycles. The van der Waals surface area contributed by atoms with Gasteiger partial charge in [-0.2, -0.15) is 11.8 Å². The van der Waals surface area contributed by atoms with E-state index < -0.39 is 17.4 Å².